The van der Waals surface area contributed by atoms with E-state index < -0.39 is 48.9 Å². The van der Waals surface area contributed by atoms with Crippen molar-refractivity contribution in [1.82, 2.24) is 0 Å². The third-order valence-electron chi connectivity index (χ3n) is 2.71. The first kappa shape index (κ1) is 34.7. The number of carboxylic acids is 2. The number of aliphatic carboxylic acids is 2. The Kier molecular flexibility index (Phi) is 19.7. The molecule has 0 saturated carbocycles. The van der Waals surface area contributed by atoms with Crippen molar-refractivity contribution in [2.45, 2.75) is 107 Å². The molecule has 0 bridgehead atoms. The molecule has 0 unspecified atom stereocenters. The zero-order valence-electron chi connectivity index (χ0n) is 20.7. The van der Waals surface area contributed by atoms with Gasteiger partial charge in [-0.25, -0.2) is 0 Å². The Hall–Kier alpha value is -0.917. The summed E-state index contributed by atoms with van der Waals surface area (Å²) in [6, 6.07) is 0. The minimum absolute atomic E-state index is 0.132. The molecule has 0 saturated heterocycles. The Balaban J connectivity index is -0.000000382. The van der Waals surface area contributed by atoms with E-state index in [0.29, 0.717) is 25.0 Å². The molecule has 0 aromatic carbocycles. The maximum atomic E-state index is 10.8. The van der Waals surface area contributed by atoms with Crippen LogP contribution in [0.2, 0.25) is 0 Å². The number of Topliss-reactive ketones (excluding diaryl/α,β-unsaturated/α-hetero) is 2. The Morgan fingerprint density at radius 2 is 0.935 bits per heavy atom. The van der Waals surface area contributed by atoms with Gasteiger partial charge in [0.1, 0.15) is 11.6 Å². The number of hydrogen-bond donors (Lipinski definition) is 0. The van der Waals surface area contributed by atoms with Gasteiger partial charge in [-0.2, -0.15) is 0 Å². The molecule has 0 fully saturated rings. The van der Waals surface area contributed by atoms with E-state index >= 15 is 0 Å². The van der Waals surface area contributed by atoms with Crippen LogP contribution in [0.25, 0.3) is 0 Å². The van der Waals surface area contributed by atoms with Gasteiger partial charge in [0.15, 0.2) is 0 Å². The van der Waals surface area contributed by atoms with E-state index in [1.165, 1.54) is 0 Å². The Morgan fingerprint density at radius 3 is 1.10 bits per heavy atom. The summed E-state index contributed by atoms with van der Waals surface area (Å²) in [4.78, 5) is 41.6. The molecule has 0 spiro atoms. The van der Waals surface area contributed by atoms with E-state index in [1.54, 1.807) is 0 Å². The summed E-state index contributed by atoms with van der Waals surface area (Å²) in [5, 5.41) is 19.9. The fourth-order valence-electron chi connectivity index (χ4n) is 1.85. The van der Waals surface area contributed by atoms with Crippen molar-refractivity contribution in [2.24, 2.45) is 10.8 Å². The first-order valence-corrected chi connectivity index (χ1v) is 12.2. The van der Waals surface area contributed by atoms with Crippen molar-refractivity contribution in [3.8, 4) is 0 Å². The monoisotopic (exact) mass is 522 g/mol. The van der Waals surface area contributed by atoms with E-state index in [-0.39, 0.29) is 22.4 Å². The van der Waals surface area contributed by atoms with E-state index in [2.05, 4.69) is 0 Å². The molecule has 0 aliphatic heterocycles. The van der Waals surface area contributed by atoms with Crippen LogP contribution in [0.5, 0.6) is 0 Å². The van der Waals surface area contributed by atoms with E-state index in [1.807, 2.05) is 69.2 Å². The molecule has 0 N–H and O–H groups in total. The summed E-state index contributed by atoms with van der Waals surface area (Å²) in [7, 11) is 0. The van der Waals surface area contributed by atoms with Crippen molar-refractivity contribution < 1.29 is 59.1 Å². The van der Waals surface area contributed by atoms with Crippen molar-refractivity contribution in [3.05, 3.63) is 0 Å². The predicted octanol–water partition coefficient (Wildman–Crippen LogP) is 2.01. The Bertz CT molecular complexity index is 495. The molecule has 0 rings (SSSR count). The van der Waals surface area contributed by atoms with Gasteiger partial charge in [0.25, 0.3) is 0 Å². The molecule has 0 aliphatic carbocycles. The van der Waals surface area contributed by atoms with E-state index in [0.717, 1.165) is 0 Å². The topological polar surface area (TPSA) is 133 Å². The molecule has 0 amide bonds. The fraction of sp³-hybridized carbons (Fsp3) is 0.818. The van der Waals surface area contributed by atoms with Crippen LogP contribution in [0, 0.1) is 10.8 Å². The quantitative estimate of drug-likeness (QED) is 0.397. The molecule has 31 heavy (non-hydrogen) atoms. The Morgan fingerprint density at radius 1 is 0.677 bits per heavy atom. The number of carbonyl (C=O) groups is 4. The minimum atomic E-state index is -1.29. The van der Waals surface area contributed by atoms with Crippen molar-refractivity contribution in [2.75, 3.05) is 0 Å². The number of rotatable bonds is 10. The zero-order chi connectivity index (χ0) is 25.4. The summed E-state index contributed by atoms with van der Waals surface area (Å²) in [5.41, 5.74) is -0.265. The van der Waals surface area contributed by atoms with Crippen LogP contribution in [0.15, 0.2) is 0 Å². The van der Waals surface area contributed by atoms with Crippen LogP contribution < -0.4 is 10.2 Å². The molecule has 0 aliphatic rings. The third kappa shape index (κ3) is 40.0. The molecule has 0 heterocycles. The fourth-order valence-corrected chi connectivity index (χ4v) is 2.93. The summed E-state index contributed by atoms with van der Waals surface area (Å²) in [6.45, 7) is 19.5. The van der Waals surface area contributed by atoms with Gasteiger partial charge in [-0.05, 0) is 10.8 Å². The molecule has 9 heteroatoms. The number of carboxylic acid groups (broad SMARTS) is 2. The number of ketones is 2. The van der Waals surface area contributed by atoms with Crippen molar-refractivity contribution in [1.29, 1.82) is 0 Å². The normalized spacial score (nSPS) is 11.0. The molecule has 8 nitrogen and oxygen atoms in total. The van der Waals surface area contributed by atoms with Gasteiger partial charge in [0.2, 0.25) is 0 Å². The van der Waals surface area contributed by atoms with Crippen LogP contribution in [-0.4, -0.2) is 35.7 Å². The van der Waals surface area contributed by atoms with Crippen LogP contribution in [-0.2, 0) is 48.9 Å². The summed E-state index contributed by atoms with van der Waals surface area (Å²) in [6.07, 6.45) is 0.349. The first-order valence-electron chi connectivity index (χ1n) is 10.2. The molecular weight excluding hydrogens is 483 g/mol. The number of hydrogen-bond acceptors (Lipinski definition) is 8. The van der Waals surface area contributed by atoms with Crippen LogP contribution in [0.1, 0.15) is 94.9 Å². The average Bonchev–Trinajstić information content (AvgIpc) is 2.41. The third-order valence-corrected chi connectivity index (χ3v) is 5.50. The maximum absolute atomic E-state index is 10.8. The van der Waals surface area contributed by atoms with Gasteiger partial charge >= 0.3 is 69.6 Å². The van der Waals surface area contributed by atoms with Gasteiger partial charge < -0.3 is 19.8 Å². The van der Waals surface area contributed by atoms with Gasteiger partial charge in [-0.1, -0.05) is 41.5 Å². The molecular formula is C22H40O8Zr. The van der Waals surface area contributed by atoms with Crippen LogP contribution >= 0.6 is 0 Å². The summed E-state index contributed by atoms with van der Waals surface area (Å²) < 4.78 is 10.6. The van der Waals surface area contributed by atoms with Crippen molar-refractivity contribution >= 4 is 23.5 Å². The zero-order valence-corrected chi connectivity index (χ0v) is 23.2. The molecule has 0 aromatic heterocycles. The standard InChI is InChI=1S/2C8H14O3.2C3H7O.Zr/c2*1-8(2,3)5-6(9)4-7(10)11;2*1-3(2)4;/h2*4-5H2,1-3H3,(H,10,11);2*3H,1-2H3;/q;;2*-1;+4/p-2. The number of carbonyl (C=O) groups excluding carboxylic acids is 4. The molecule has 0 aromatic rings. The molecule has 180 valence electrons. The van der Waals surface area contributed by atoms with Gasteiger partial charge in [-0.3, -0.25) is 9.59 Å². The van der Waals surface area contributed by atoms with Gasteiger partial charge in [0.05, 0.1) is 0 Å². The summed E-state index contributed by atoms with van der Waals surface area (Å²) >= 11 is -0.929. The summed E-state index contributed by atoms with van der Waals surface area (Å²) in [5.74, 6) is -3.12. The average molecular weight is 524 g/mol. The first-order chi connectivity index (χ1) is 13.7. The van der Waals surface area contributed by atoms with Gasteiger partial charge in [0, 0.05) is 37.6 Å². The van der Waals surface area contributed by atoms with Crippen LogP contribution in [0.3, 0.4) is 0 Å². The van der Waals surface area contributed by atoms with Crippen LogP contribution in [0.4, 0.5) is 0 Å². The van der Waals surface area contributed by atoms with E-state index in [9.17, 15) is 29.4 Å². The SMILES string of the molecule is CC(C)(C)CC(=O)CC(=O)[O-].CC(C)(C)CC(=O)CC(=O)[O-].CC(C)[O][Zr+2][O]C(C)C. The molecule has 0 radical (unpaired) electrons. The predicted molar refractivity (Wildman–Crippen MR) is 110 cm³/mol. The van der Waals surface area contributed by atoms with Gasteiger partial charge in [-0.15, -0.1) is 0 Å². The second-order valence-corrected chi connectivity index (χ2v) is 11.6. The second kappa shape index (κ2) is 17.6. The van der Waals surface area contributed by atoms with Crippen molar-refractivity contribution in [3.63, 3.8) is 0 Å². The molecule has 0 atom stereocenters. The Labute approximate surface area is 200 Å². The van der Waals surface area contributed by atoms with E-state index in [4.69, 9.17) is 5.63 Å². The second-order valence-electron chi connectivity index (χ2n) is 10.1.